The summed E-state index contributed by atoms with van der Waals surface area (Å²) < 4.78 is 49.9. The Hall–Kier alpha value is -2.04. The van der Waals surface area contributed by atoms with E-state index in [1.165, 1.54) is 17.2 Å². The highest BCUT2D eigenvalue weighted by Gasteiger charge is 2.43. The highest BCUT2D eigenvalue weighted by Crippen LogP contribution is 2.25. The maximum Gasteiger partial charge on any atom is 0.405 e. The van der Waals surface area contributed by atoms with Crippen LogP contribution in [0.3, 0.4) is 0 Å². The van der Waals surface area contributed by atoms with Crippen molar-refractivity contribution < 1.29 is 26.9 Å². The molecule has 1 amide bonds. The van der Waals surface area contributed by atoms with Gasteiger partial charge in [-0.15, -0.1) is 12.4 Å². The van der Waals surface area contributed by atoms with E-state index in [-0.39, 0.29) is 37.0 Å². The van der Waals surface area contributed by atoms with Crippen LogP contribution in [-0.4, -0.2) is 60.9 Å². The molecule has 1 atom stereocenters. The molecule has 1 aliphatic rings. The Morgan fingerprint density at radius 3 is 2.69 bits per heavy atom. The Morgan fingerprint density at radius 2 is 2.08 bits per heavy atom. The van der Waals surface area contributed by atoms with Crippen molar-refractivity contribution in [2.75, 3.05) is 32.7 Å². The molecular weight excluding hydrogens is 377 g/mol. The van der Waals surface area contributed by atoms with Crippen LogP contribution >= 0.6 is 12.4 Å². The first-order chi connectivity index (χ1) is 11.9. The third-order valence-electron chi connectivity index (χ3n) is 3.93. The minimum Gasteiger partial charge on any atom is -0.461 e. The van der Waals surface area contributed by atoms with Gasteiger partial charge in [-0.2, -0.15) is 13.2 Å². The van der Waals surface area contributed by atoms with Gasteiger partial charge in [0.25, 0.3) is 5.91 Å². The maximum atomic E-state index is 13.3. The van der Waals surface area contributed by atoms with Crippen molar-refractivity contribution in [2.45, 2.75) is 12.2 Å². The molecule has 7 nitrogen and oxygen atoms in total. The minimum atomic E-state index is -4.44. The van der Waals surface area contributed by atoms with Gasteiger partial charge in [-0.3, -0.25) is 9.69 Å². The zero-order chi connectivity index (χ0) is 17.9. The number of aromatic nitrogens is 1. The predicted molar refractivity (Wildman–Crippen MR) is 88.1 cm³/mol. The molecule has 2 aromatic heterocycles. The summed E-state index contributed by atoms with van der Waals surface area (Å²) >= 11 is 0. The number of furan rings is 1. The van der Waals surface area contributed by atoms with Gasteiger partial charge in [-0.05, 0) is 12.1 Å². The van der Waals surface area contributed by atoms with E-state index in [0.29, 0.717) is 18.8 Å². The van der Waals surface area contributed by atoms with E-state index in [0.717, 1.165) is 0 Å². The van der Waals surface area contributed by atoms with Crippen molar-refractivity contribution in [2.24, 2.45) is 0 Å². The van der Waals surface area contributed by atoms with Crippen molar-refractivity contribution in [3.05, 3.63) is 30.2 Å². The van der Waals surface area contributed by atoms with Crippen molar-refractivity contribution >= 4 is 18.3 Å². The number of amides is 1. The van der Waals surface area contributed by atoms with E-state index in [1.807, 2.05) is 0 Å². The van der Waals surface area contributed by atoms with Crippen LogP contribution in [0.2, 0.25) is 0 Å². The molecule has 0 bridgehead atoms. The number of hydrogen-bond acceptors (Lipinski definition) is 6. The fourth-order valence-electron chi connectivity index (χ4n) is 2.64. The van der Waals surface area contributed by atoms with Crippen molar-refractivity contribution in [1.29, 1.82) is 0 Å². The summed E-state index contributed by atoms with van der Waals surface area (Å²) in [5.41, 5.74) is -0.104. The normalized spacial score (nSPS) is 16.7. The molecule has 1 saturated heterocycles. The molecule has 144 valence electrons. The molecule has 0 saturated carbocycles. The Kier molecular flexibility index (Phi) is 6.68. The highest BCUT2D eigenvalue weighted by atomic mass is 35.5. The lowest BCUT2D eigenvalue weighted by Crippen LogP contribution is -2.57. The van der Waals surface area contributed by atoms with Gasteiger partial charge in [-0.1, -0.05) is 5.16 Å². The number of nitrogens with one attached hydrogen (secondary N) is 2. The summed E-state index contributed by atoms with van der Waals surface area (Å²) in [7, 11) is 0. The molecule has 0 spiro atoms. The first-order valence-electron chi connectivity index (χ1n) is 7.75. The highest BCUT2D eigenvalue weighted by molar-refractivity contribution is 5.92. The third kappa shape index (κ3) is 4.77. The van der Waals surface area contributed by atoms with Crippen LogP contribution in [0.4, 0.5) is 13.2 Å². The minimum absolute atomic E-state index is 0. The van der Waals surface area contributed by atoms with Crippen LogP contribution in [-0.2, 0) is 0 Å². The van der Waals surface area contributed by atoms with Gasteiger partial charge < -0.3 is 19.6 Å². The van der Waals surface area contributed by atoms with Crippen LogP contribution in [0.15, 0.2) is 33.4 Å². The van der Waals surface area contributed by atoms with Crippen molar-refractivity contribution in [1.82, 2.24) is 20.7 Å². The lowest BCUT2D eigenvalue weighted by atomic mass is 10.2. The fourth-order valence-corrected chi connectivity index (χ4v) is 2.64. The summed E-state index contributed by atoms with van der Waals surface area (Å²) in [5, 5.41) is 8.86. The van der Waals surface area contributed by atoms with Gasteiger partial charge in [0.2, 0.25) is 5.76 Å². The Labute approximate surface area is 153 Å². The second-order valence-corrected chi connectivity index (χ2v) is 5.61. The molecule has 2 N–H and O–H groups in total. The zero-order valence-electron chi connectivity index (χ0n) is 13.6. The first-order valence-corrected chi connectivity index (χ1v) is 7.75. The second-order valence-electron chi connectivity index (χ2n) is 5.61. The number of carbonyl (C=O) groups excluding carboxylic acids is 1. The standard InChI is InChI=1S/C15H17F3N4O3.ClH/c16-15(17,18)13(22-5-3-19-4-6-22)9-20-14(23)10-8-12(25-21-10)11-2-1-7-24-11;/h1-2,7-8,13,19H,3-6,9H2,(H,20,23);1H. The smallest absolute Gasteiger partial charge is 0.405 e. The van der Waals surface area contributed by atoms with E-state index in [4.69, 9.17) is 8.94 Å². The number of hydrogen-bond donors (Lipinski definition) is 2. The van der Waals surface area contributed by atoms with E-state index in [1.54, 1.807) is 12.1 Å². The topological polar surface area (TPSA) is 83.5 Å². The van der Waals surface area contributed by atoms with Gasteiger partial charge >= 0.3 is 6.18 Å². The van der Waals surface area contributed by atoms with Crippen molar-refractivity contribution in [3.8, 4) is 11.5 Å². The molecule has 2 aromatic rings. The predicted octanol–water partition coefficient (Wildman–Crippen LogP) is 1.92. The average Bonchev–Trinajstić information content (AvgIpc) is 3.26. The number of carbonyl (C=O) groups is 1. The summed E-state index contributed by atoms with van der Waals surface area (Å²) in [6, 6.07) is 2.84. The second kappa shape index (κ2) is 8.56. The fraction of sp³-hybridized carbons (Fsp3) is 0.467. The first kappa shape index (κ1) is 20.3. The van der Waals surface area contributed by atoms with Crippen LogP contribution in [0, 0.1) is 0 Å². The van der Waals surface area contributed by atoms with Crippen LogP contribution in [0.5, 0.6) is 0 Å². The average molecular weight is 395 g/mol. The lowest BCUT2D eigenvalue weighted by molar-refractivity contribution is -0.183. The Bertz CT molecular complexity index is 699. The van der Waals surface area contributed by atoms with Gasteiger partial charge in [0.15, 0.2) is 11.5 Å². The number of rotatable bonds is 5. The monoisotopic (exact) mass is 394 g/mol. The summed E-state index contributed by atoms with van der Waals surface area (Å²) in [4.78, 5) is 13.4. The molecule has 1 fully saturated rings. The van der Waals surface area contributed by atoms with Gasteiger partial charge in [0.1, 0.15) is 6.04 Å². The summed E-state index contributed by atoms with van der Waals surface area (Å²) in [5.74, 6) is -0.129. The van der Waals surface area contributed by atoms with E-state index in [9.17, 15) is 18.0 Å². The molecule has 1 unspecified atom stereocenters. The number of halogens is 4. The maximum absolute atomic E-state index is 13.3. The largest absolute Gasteiger partial charge is 0.461 e. The number of nitrogens with zero attached hydrogens (tertiary/aromatic N) is 2. The summed E-state index contributed by atoms with van der Waals surface area (Å²) in [6.07, 6.45) is -3.01. The Balaban J connectivity index is 0.00000243. The molecule has 0 radical (unpaired) electrons. The van der Waals surface area contributed by atoms with E-state index >= 15 is 0 Å². The Morgan fingerprint density at radius 1 is 1.35 bits per heavy atom. The molecule has 3 rings (SSSR count). The van der Waals surface area contributed by atoms with Crippen LogP contribution < -0.4 is 10.6 Å². The molecular formula is C15H18ClF3N4O3. The molecule has 0 aliphatic carbocycles. The van der Waals surface area contributed by atoms with Gasteiger partial charge in [0.05, 0.1) is 6.26 Å². The lowest BCUT2D eigenvalue weighted by Gasteiger charge is -2.35. The number of piperazine rings is 1. The molecule has 26 heavy (non-hydrogen) atoms. The van der Waals surface area contributed by atoms with E-state index < -0.39 is 24.7 Å². The molecule has 1 aliphatic heterocycles. The quantitative estimate of drug-likeness (QED) is 0.806. The van der Waals surface area contributed by atoms with Gasteiger partial charge in [0, 0.05) is 38.8 Å². The number of alkyl halides is 3. The van der Waals surface area contributed by atoms with Crippen LogP contribution in [0.1, 0.15) is 10.5 Å². The van der Waals surface area contributed by atoms with Gasteiger partial charge in [-0.25, -0.2) is 0 Å². The molecule has 3 heterocycles. The summed E-state index contributed by atoms with van der Waals surface area (Å²) in [6.45, 7) is 0.956. The van der Waals surface area contributed by atoms with Crippen molar-refractivity contribution in [3.63, 3.8) is 0 Å². The zero-order valence-corrected chi connectivity index (χ0v) is 14.4. The van der Waals surface area contributed by atoms with E-state index in [2.05, 4.69) is 15.8 Å². The SMILES string of the molecule is Cl.O=C(NCC(N1CCNCC1)C(F)(F)F)c1cc(-c2ccco2)on1. The van der Waals surface area contributed by atoms with Crippen LogP contribution in [0.25, 0.3) is 11.5 Å². The third-order valence-corrected chi connectivity index (χ3v) is 3.93. The molecule has 11 heteroatoms. The molecule has 0 aromatic carbocycles.